The molecule has 10 atom stereocenters. The van der Waals surface area contributed by atoms with Crippen LogP contribution in [0.1, 0.15) is 89.3 Å². The lowest BCUT2D eigenvalue weighted by Gasteiger charge is -2.27. The molecule has 10 amide bonds. The van der Waals surface area contributed by atoms with E-state index >= 15 is 0 Å². The van der Waals surface area contributed by atoms with Gasteiger partial charge in [-0.2, -0.15) is 23.5 Å². The highest BCUT2D eigenvalue weighted by molar-refractivity contribution is 7.98. The zero-order valence-corrected chi connectivity index (χ0v) is 48.3. The maximum absolute atomic E-state index is 14.3. The molecule has 2 rings (SSSR count). The van der Waals surface area contributed by atoms with Gasteiger partial charge in [0, 0.05) is 31.2 Å². The Bertz CT molecular complexity index is 2390. The fraction of sp³-hybridized carbons (Fsp3) is 0.608. The first-order valence-electron chi connectivity index (χ1n) is 26.7. The number of rotatable bonds is 41. The smallest absolute Gasteiger partial charge is 0.326 e. The van der Waals surface area contributed by atoms with Crippen LogP contribution in [0.2, 0.25) is 0 Å². The number of imidazole rings is 1. The number of aromatic hydroxyl groups is 1. The van der Waals surface area contributed by atoms with Crippen LogP contribution in [0.15, 0.2) is 36.8 Å². The Morgan fingerprint density at radius 3 is 1.66 bits per heavy atom. The van der Waals surface area contributed by atoms with E-state index in [0.717, 1.165) is 0 Å². The van der Waals surface area contributed by atoms with Crippen LogP contribution >= 0.6 is 23.5 Å². The van der Waals surface area contributed by atoms with Crippen LogP contribution in [0.3, 0.4) is 0 Å². The number of primary amides is 1. The number of carbonyl (C=O) groups excluding carboxylic acids is 10. The molecule has 0 unspecified atom stereocenters. The zero-order valence-electron chi connectivity index (χ0n) is 46.7. The molecule has 0 fully saturated rings. The quantitative estimate of drug-likeness (QED) is 0.0280. The maximum Gasteiger partial charge on any atom is 0.326 e. The number of phenols is 1. The van der Waals surface area contributed by atoms with Crippen molar-refractivity contribution >= 4 is 88.6 Å². The Morgan fingerprint density at radius 1 is 0.598 bits per heavy atom. The third-order valence-electron chi connectivity index (χ3n) is 12.5. The van der Waals surface area contributed by atoms with Crippen LogP contribution in [0.4, 0.5) is 0 Å². The predicted molar refractivity (Wildman–Crippen MR) is 306 cm³/mol. The molecular weight excluding hydrogens is 1110 g/mol. The average molecular weight is 1190 g/mol. The second kappa shape index (κ2) is 38.6. The number of nitrogens with zero attached hydrogens (tertiary/aromatic N) is 1. The number of carboxylic acid groups (broad SMARTS) is 1. The van der Waals surface area contributed by atoms with E-state index in [4.69, 9.17) is 22.9 Å². The Hall–Kier alpha value is -7.06. The van der Waals surface area contributed by atoms with Crippen molar-refractivity contribution in [3.05, 3.63) is 48.0 Å². The van der Waals surface area contributed by atoms with Crippen molar-refractivity contribution < 1.29 is 68.1 Å². The van der Waals surface area contributed by atoms with Gasteiger partial charge in [0.2, 0.25) is 59.1 Å². The summed E-state index contributed by atoms with van der Waals surface area (Å²) in [5, 5.41) is 52.6. The molecule has 0 aliphatic rings. The van der Waals surface area contributed by atoms with E-state index in [1.165, 1.54) is 74.2 Å². The van der Waals surface area contributed by atoms with E-state index in [9.17, 15) is 68.1 Å². The Kier molecular flexibility index (Phi) is 33.5. The number of carboxylic acids is 1. The molecule has 31 heteroatoms. The number of phenolic OH excluding ortho intramolecular Hbond substituents is 1. The Labute approximate surface area is 484 Å². The number of benzene rings is 1. The fourth-order valence-corrected chi connectivity index (χ4v) is 8.77. The molecule has 1 heterocycles. The summed E-state index contributed by atoms with van der Waals surface area (Å²) in [6.07, 6.45) is 5.84. The summed E-state index contributed by atoms with van der Waals surface area (Å²) >= 11 is 2.80. The van der Waals surface area contributed by atoms with Crippen LogP contribution in [0.5, 0.6) is 5.75 Å². The van der Waals surface area contributed by atoms with Crippen molar-refractivity contribution in [3.8, 4) is 5.75 Å². The molecule has 0 spiro atoms. The van der Waals surface area contributed by atoms with E-state index in [1.807, 2.05) is 6.26 Å². The monoisotopic (exact) mass is 1190 g/mol. The number of unbranched alkanes of at least 4 members (excludes halogenated alkanes) is 2. The number of aromatic nitrogens is 2. The summed E-state index contributed by atoms with van der Waals surface area (Å²) in [6, 6.07) is -6.48. The van der Waals surface area contributed by atoms with Crippen molar-refractivity contribution in [3.63, 3.8) is 0 Å². The second-order valence-electron chi connectivity index (χ2n) is 19.3. The van der Waals surface area contributed by atoms with Gasteiger partial charge in [-0.1, -0.05) is 12.1 Å². The number of nitrogens with one attached hydrogen (secondary N) is 10. The lowest BCUT2D eigenvalue weighted by Crippen LogP contribution is -2.61. The molecule has 458 valence electrons. The van der Waals surface area contributed by atoms with Crippen LogP contribution in [-0.2, 0) is 65.6 Å². The molecule has 0 aliphatic carbocycles. The van der Waals surface area contributed by atoms with Crippen LogP contribution in [0, 0.1) is 0 Å². The van der Waals surface area contributed by atoms with Crippen LogP contribution < -0.4 is 70.8 Å². The number of amides is 10. The minimum Gasteiger partial charge on any atom is -0.508 e. The SMILES string of the molecule is CSCC[C@H](NC(=O)[C@H](Cc1ccc(O)cc1)NC(=O)CNC(=O)[C@H](CCC(N)=O)NC(=O)[C@@H](N)CCSC)C(=O)N[C@@H](CCCCN)C(=O)N[C@@H](Cc1cnc[nH]1)C(=O)N[C@@H](C)C(=O)N[C@H](C(=O)N[C@@H](CCCCN)C(=O)O)[C@@H](C)O. The first kappa shape index (κ1) is 71.0. The molecular formula is C51H83N15O14S2. The fourth-order valence-electron chi connectivity index (χ4n) is 7.81. The van der Waals surface area contributed by atoms with E-state index in [0.29, 0.717) is 61.4 Å². The number of carbonyl (C=O) groups is 11. The third-order valence-corrected chi connectivity index (χ3v) is 13.8. The molecule has 29 nitrogen and oxygen atoms in total. The lowest BCUT2D eigenvalue weighted by atomic mass is 10.0. The summed E-state index contributed by atoms with van der Waals surface area (Å²) in [7, 11) is 0. The minimum atomic E-state index is -1.64. The summed E-state index contributed by atoms with van der Waals surface area (Å²) in [5.41, 5.74) is 23.4. The van der Waals surface area contributed by atoms with Crippen LogP contribution in [-0.4, -0.2) is 194 Å². The lowest BCUT2D eigenvalue weighted by molar-refractivity contribution is -0.143. The maximum atomic E-state index is 14.3. The van der Waals surface area contributed by atoms with Gasteiger partial charge in [0.15, 0.2) is 0 Å². The van der Waals surface area contributed by atoms with Crippen LogP contribution in [0.25, 0.3) is 0 Å². The number of thioether (sulfide) groups is 2. The molecule has 0 saturated carbocycles. The molecule has 1 aromatic heterocycles. The van der Waals surface area contributed by atoms with E-state index < -0.39 is 132 Å². The first-order chi connectivity index (χ1) is 38.9. The van der Waals surface area contributed by atoms with Gasteiger partial charge < -0.3 is 91.1 Å². The Morgan fingerprint density at radius 2 is 1.11 bits per heavy atom. The first-order valence-corrected chi connectivity index (χ1v) is 29.5. The average Bonchev–Trinajstić information content (AvgIpc) is 3.97. The summed E-state index contributed by atoms with van der Waals surface area (Å²) in [4.78, 5) is 153. The van der Waals surface area contributed by atoms with Gasteiger partial charge in [-0.15, -0.1) is 0 Å². The normalized spacial score (nSPS) is 14.7. The van der Waals surface area contributed by atoms with Crippen molar-refractivity contribution in [1.82, 2.24) is 57.8 Å². The molecule has 82 heavy (non-hydrogen) atoms. The molecule has 0 aliphatic heterocycles. The zero-order chi connectivity index (χ0) is 61.3. The highest BCUT2D eigenvalue weighted by Crippen LogP contribution is 2.14. The number of aromatic amines is 1. The van der Waals surface area contributed by atoms with Gasteiger partial charge in [0.25, 0.3) is 0 Å². The van der Waals surface area contributed by atoms with E-state index in [-0.39, 0.29) is 57.2 Å². The molecule has 1 aromatic carbocycles. The number of nitrogens with two attached hydrogens (primary N) is 4. The molecule has 21 N–H and O–H groups in total. The van der Waals surface area contributed by atoms with Gasteiger partial charge in [0.05, 0.1) is 25.0 Å². The standard InChI is InChI=1S/C51H83N15O14S2/c1-28(43(71)66-42(29(2)67)50(78)64-37(51(79)80)10-6-8-20-53)59-48(76)39(24-31-25-56-27-58-31)65-46(74)34(9-5-7-19-52)62-47(75)36(18-22-82-4)63-49(77)38(23-30-11-13-32(68)14-12-30)60-41(70)26-57-45(73)35(15-16-40(55)69)61-44(72)33(54)17-21-81-3/h11-14,25,27-29,33-39,42,67-68H,5-10,15-24,26,52-54H2,1-4H3,(H2,55,69)(H,56,58)(H,57,73)(H,59,76)(H,60,70)(H,61,72)(H,62,75)(H,63,77)(H,64,78)(H,65,74)(H,66,71)(H,79,80)/t28-,29+,33-,34-,35-,36-,37-,38-,39-,42-/m0/s1. The number of aliphatic carboxylic acids is 1. The van der Waals surface area contributed by atoms with Gasteiger partial charge in [0.1, 0.15) is 54.1 Å². The second-order valence-corrected chi connectivity index (χ2v) is 21.3. The largest absolute Gasteiger partial charge is 0.508 e. The number of H-pyrrole nitrogens is 1. The number of hydrogen-bond donors (Lipinski definition) is 17. The number of aliphatic hydroxyl groups is 1. The van der Waals surface area contributed by atoms with Crippen molar-refractivity contribution in [2.75, 3.05) is 43.7 Å². The molecule has 0 bridgehead atoms. The van der Waals surface area contributed by atoms with Crippen molar-refractivity contribution in [1.29, 1.82) is 0 Å². The summed E-state index contributed by atoms with van der Waals surface area (Å²) in [6.45, 7) is 2.28. The number of hydrogen-bond acceptors (Lipinski definition) is 19. The topological polar surface area (TPSA) is 489 Å². The third kappa shape index (κ3) is 27.1. The highest BCUT2D eigenvalue weighted by atomic mass is 32.2. The van der Waals surface area contributed by atoms with Gasteiger partial charge >= 0.3 is 5.97 Å². The van der Waals surface area contributed by atoms with Crippen molar-refractivity contribution in [2.24, 2.45) is 22.9 Å². The molecule has 0 saturated heterocycles. The van der Waals surface area contributed by atoms with E-state index in [2.05, 4.69) is 57.8 Å². The van der Waals surface area contributed by atoms with Crippen molar-refractivity contribution in [2.45, 2.75) is 151 Å². The highest BCUT2D eigenvalue weighted by Gasteiger charge is 2.35. The van der Waals surface area contributed by atoms with Gasteiger partial charge in [-0.3, -0.25) is 47.9 Å². The van der Waals surface area contributed by atoms with Gasteiger partial charge in [-0.25, -0.2) is 9.78 Å². The molecule has 0 radical (unpaired) electrons. The molecule has 2 aromatic rings. The van der Waals surface area contributed by atoms with Gasteiger partial charge in [-0.05, 0) is 126 Å². The number of aliphatic hydroxyl groups excluding tert-OH is 1. The summed E-state index contributed by atoms with van der Waals surface area (Å²) < 4.78 is 0. The minimum absolute atomic E-state index is 0.00311. The predicted octanol–water partition coefficient (Wildman–Crippen LogP) is -4.26. The summed E-state index contributed by atoms with van der Waals surface area (Å²) in [5.74, 6) is -9.06. The van der Waals surface area contributed by atoms with E-state index in [1.54, 1.807) is 6.26 Å². The Balaban J connectivity index is 2.38.